The average Bonchev–Trinajstić information content (AvgIpc) is 2.78. The number of carbonyl (C=O) groups is 2. The van der Waals surface area contributed by atoms with Gasteiger partial charge in [0.25, 0.3) is 0 Å². The van der Waals surface area contributed by atoms with Gasteiger partial charge in [0, 0.05) is 22.6 Å². The molecule has 0 atom stereocenters. The van der Waals surface area contributed by atoms with Crippen LogP contribution in [0.1, 0.15) is 41.0 Å². The molecule has 4 nitrogen and oxygen atoms in total. The monoisotopic (exact) mass is 329 g/mol. The Labute approximate surface area is 140 Å². The summed E-state index contributed by atoms with van der Waals surface area (Å²) in [6, 6.07) is 7.97. The minimum Gasteiger partial charge on any atom is -0.457 e. The number of esters is 1. The molecule has 0 spiro atoms. The molecule has 1 aliphatic carbocycles. The summed E-state index contributed by atoms with van der Waals surface area (Å²) in [6.07, 6.45) is 2.74. The zero-order valence-electron chi connectivity index (χ0n) is 13.8. The van der Waals surface area contributed by atoms with Gasteiger partial charge in [-0.3, -0.25) is 9.59 Å². The Morgan fingerprint density at radius 1 is 1.25 bits per heavy atom. The number of ketones is 1. The van der Waals surface area contributed by atoms with Gasteiger partial charge in [-0.25, -0.2) is 4.39 Å². The number of aryl methyl sites for hydroxylation is 1. The number of nitrogens with zero attached hydrogens (tertiary/aromatic N) is 1. The molecule has 5 heteroatoms. The van der Waals surface area contributed by atoms with Crippen molar-refractivity contribution in [3.8, 4) is 5.69 Å². The van der Waals surface area contributed by atoms with E-state index in [1.165, 1.54) is 12.1 Å². The Morgan fingerprint density at radius 3 is 2.62 bits per heavy atom. The lowest BCUT2D eigenvalue weighted by molar-refractivity contribution is -0.150. The number of hydrogen-bond acceptors (Lipinski definition) is 3. The molecule has 1 aromatic carbocycles. The second-order valence-electron chi connectivity index (χ2n) is 6.26. The van der Waals surface area contributed by atoms with Crippen LogP contribution in [-0.2, 0) is 9.53 Å². The predicted molar refractivity (Wildman–Crippen MR) is 87.8 cm³/mol. The minimum absolute atomic E-state index is 0.0440. The number of ether oxygens (including phenoxy) is 1. The molecule has 0 unspecified atom stereocenters. The number of halogens is 1. The molecule has 0 N–H and O–H groups in total. The number of benzene rings is 1. The van der Waals surface area contributed by atoms with Crippen molar-refractivity contribution < 1.29 is 18.7 Å². The number of Topliss-reactive ketones (excluding diaryl/α,β-unsaturated/α-hetero) is 1. The van der Waals surface area contributed by atoms with Crippen molar-refractivity contribution in [2.75, 3.05) is 6.61 Å². The van der Waals surface area contributed by atoms with Crippen LogP contribution in [0, 0.1) is 25.6 Å². The average molecular weight is 329 g/mol. The molecule has 0 saturated heterocycles. The fourth-order valence-corrected chi connectivity index (χ4v) is 3.03. The second kappa shape index (κ2) is 6.59. The van der Waals surface area contributed by atoms with Gasteiger partial charge in [0.2, 0.25) is 5.78 Å². The van der Waals surface area contributed by atoms with Gasteiger partial charge in [0.05, 0.1) is 5.92 Å². The summed E-state index contributed by atoms with van der Waals surface area (Å²) < 4.78 is 20.4. The van der Waals surface area contributed by atoms with Crippen molar-refractivity contribution in [1.29, 1.82) is 0 Å². The Morgan fingerprint density at radius 2 is 2.00 bits per heavy atom. The standard InChI is InChI=1S/C19H20FNO3/c1-12-9-17(18(22)11-24-19(23)14-5-3-6-14)13(2)21(12)16-8-4-7-15(20)10-16/h4,7-10,14H,3,5-6,11H2,1-2H3. The van der Waals surface area contributed by atoms with Crippen molar-refractivity contribution in [3.63, 3.8) is 0 Å². The molecule has 1 saturated carbocycles. The Balaban J connectivity index is 1.78. The second-order valence-corrected chi connectivity index (χ2v) is 6.26. The molecular weight excluding hydrogens is 309 g/mol. The van der Waals surface area contributed by atoms with Gasteiger partial charge < -0.3 is 9.30 Å². The Hall–Kier alpha value is -2.43. The fourth-order valence-electron chi connectivity index (χ4n) is 3.03. The van der Waals surface area contributed by atoms with E-state index in [0.717, 1.165) is 25.0 Å². The topological polar surface area (TPSA) is 48.3 Å². The predicted octanol–water partition coefficient (Wildman–Crippen LogP) is 3.76. The van der Waals surface area contributed by atoms with E-state index >= 15 is 0 Å². The number of aromatic nitrogens is 1. The van der Waals surface area contributed by atoms with E-state index < -0.39 is 0 Å². The summed E-state index contributed by atoms with van der Waals surface area (Å²) in [5.74, 6) is -0.896. The zero-order valence-corrected chi connectivity index (χ0v) is 13.8. The van der Waals surface area contributed by atoms with Gasteiger partial charge >= 0.3 is 5.97 Å². The van der Waals surface area contributed by atoms with Crippen LogP contribution in [0.25, 0.3) is 5.69 Å². The Kier molecular flexibility index (Phi) is 4.51. The van der Waals surface area contributed by atoms with Crippen LogP contribution in [0.5, 0.6) is 0 Å². The molecule has 2 aromatic rings. The number of carbonyl (C=O) groups excluding carboxylic acids is 2. The third kappa shape index (κ3) is 3.11. The highest BCUT2D eigenvalue weighted by molar-refractivity contribution is 5.99. The van der Waals surface area contributed by atoms with E-state index in [2.05, 4.69) is 0 Å². The summed E-state index contributed by atoms with van der Waals surface area (Å²) >= 11 is 0. The normalized spacial score (nSPS) is 14.3. The third-order valence-corrected chi connectivity index (χ3v) is 4.58. The van der Waals surface area contributed by atoms with Crippen LogP contribution in [0.2, 0.25) is 0 Å². The van der Waals surface area contributed by atoms with E-state index in [1.807, 2.05) is 11.5 Å². The highest BCUT2D eigenvalue weighted by Crippen LogP contribution is 2.27. The molecule has 0 amide bonds. The number of rotatable bonds is 5. The van der Waals surface area contributed by atoms with E-state index in [0.29, 0.717) is 16.9 Å². The maximum Gasteiger partial charge on any atom is 0.309 e. The van der Waals surface area contributed by atoms with Gasteiger partial charge in [-0.2, -0.15) is 0 Å². The van der Waals surface area contributed by atoms with Crippen LogP contribution < -0.4 is 0 Å². The first kappa shape index (κ1) is 16.4. The summed E-state index contributed by atoms with van der Waals surface area (Å²) in [5, 5.41) is 0. The molecule has 0 radical (unpaired) electrons. The molecule has 126 valence electrons. The van der Waals surface area contributed by atoms with Crippen LogP contribution in [-0.4, -0.2) is 22.9 Å². The van der Waals surface area contributed by atoms with Gasteiger partial charge in [-0.05, 0) is 51.0 Å². The lowest BCUT2D eigenvalue weighted by Crippen LogP contribution is -2.26. The molecule has 1 aromatic heterocycles. The van der Waals surface area contributed by atoms with Crippen LogP contribution in [0.3, 0.4) is 0 Å². The van der Waals surface area contributed by atoms with Gasteiger partial charge in [0.1, 0.15) is 5.82 Å². The van der Waals surface area contributed by atoms with Gasteiger partial charge in [-0.15, -0.1) is 0 Å². The fraction of sp³-hybridized carbons (Fsp3) is 0.368. The zero-order chi connectivity index (χ0) is 17.3. The molecule has 24 heavy (non-hydrogen) atoms. The van der Waals surface area contributed by atoms with Crippen LogP contribution in [0.15, 0.2) is 30.3 Å². The highest BCUT2D eigenvalue weighted by atomic mass is 19.1. The van der Waals surface area contributed by atoms with E-state index in [4.69, 9.17) is 4.74 Å². The maximum atomic E-state index is 13.5. The summed E-state index contributed by atoms with van der Waals surface area (Å²) in [6.45, 7) is 3.41. The molecule has 1 heterocycles. The van der Waals surface area contributed by atoms with Crippen LogP contribution in [0.4, 0.5) is 4.39 Å². The van der Waals surface area contributed by atoms with Gasteiger partial charge in [0.15, 0.2) is 6.61 Å². The molecule has 0 aliphatic heterocycles. The lowest BCUT2D eigenvalue weighted by Gasteiger charge is -2.22. The minimum atomic E-state index is -0.331. The van der Waals surface area contributed by atoms with Crippen molar-refractivity contribution in [1.82, 2.24) is 4.57 Å². The number of hydrogen-bond donors (Lipinski definition) is 0. The SMILES string of the molecule is Cc1cc(C(=O)COC(=O)C2CCC2)c(C)n1-c1cccc(F)c1. The summed E-state index contributed by atoms with van der Waals surface area (Å²) in [7, 11) is 0. The van der Waals surface area contributed by atoms with E-state index in [-0.39, 0.29) is 30.1 Å². The van der Waals surface area contributed by atoms with E-state index in [9.17, 15) is 14.0 Å². The molecule has 0 bridgehead atoms. The first-order valence-electron chi connectivity index (χ1n) is 8.12. The van der Waals surface area contributed by atoms with Gasteiger partial charge in [-0.1, -0.05) is 12.5 Å². The van der Waals surface area contributed by atoms with Crippen molar-refractivity contribution >= 4 is 11.8 Å². The molecular formula is C19H20FNO3. The maximum absolute atomic E-state index is 13.5. The molecule has 3 rings (SSSR count). The smallest absolute Gasteiger partial charge is 0.309 e. The molecule has 1 fully saturated rings. The van der Waals surface area contributed by atoms with Crippen molar-refractivity contribution in [2.24, 2.45) is 5.92 Å². The third-order valence-electron chi connectivity index (χ3n) is 4.58. The van der Waals surface area contributed by atoms with Crippen molar-refractivity contribution in [2.45, 2.75) is 33.1 Å². The van der Waals surface area contributed by atoms with E-state index in [1.54, 1.807) is 25.1 Å². The van der Waals surface area contributed by atoms with Crippen LogP contribution >= 0.6 is 0 Å². The summed E-state index contributed by atoms with van der Waals surface area (Å²) in [4.78, 5) is 24.2. The van der Waals surface area contributed by atoms with Crippen molar-refractivity contribution in [3.05, 3.63) is 53.1 Å². The highest BCUT2D eigenvalue weighted by Gasteiger charge is 2.27. The molecule has 1 aliphatic rings. The largest absolute Gasteiger partial charge is 0.457 e. The summed E-state index contributed by atoms with van der Waals surface area (Å²) in [5.41, 5.74) is 2.70. The lowest BCUT2D eigenvalue weighted by atomic mass is 9.86. The first-order valence-corrected chi connectivity index (χ1v) is 8.12. The first-order chi connectivity index (χ1) is 11.5. The Bertz CT molecular complexity index is 790. The quantitative estimate of drug-likeness (QED) is 0.620.